The van der Waals surface area contributed by atoms with E-state index >= 15 is 0 Å². The van der Waals surface area contributed by atoms with Crippen molar-refractivity contribution in [3.05, 3.63) is 30.2 Å². The number of carbonyl (C=O) groups is 1. The molecule has 6 nitrogen and oxygen atoms in total. The van der Waals surface area contributed by atoms with Crippen LogP contribution in [0.2, 0.25) is 0 Å². The molecule has 0 radical (unpaired) electrons. The maximum Gasteiger partial charge on any atom is 0.249 e. The summed E-state index contributed by atoms with van der Waals surface area (Å²) in [5.41, 5.74) is 0.777. The Morgan fingerprint density at radius 1 is 1.10 bits per heavy atom. The molecular formula is C24H29N3O3. The summed E-state index contributed by atoms with van der Waals surface area (Å²) in [5, 5.41) is 4.21. The number of hydrogen-bond acceptors (Lipinski definition) is 5. The van der Waals surface area contributed by atoms with Crippen molar-refractivity contribution in [2.45, 2.75) is 57.4 Å². The molecule has 1 unspecified atom stereocenters. The SMILES string of the molecule is COc1ccc(-c2noc(C3CCCN3C(=O)C34CC5CC(CC(C5)C3)C4)n2)cc1. The molecular weight excluding hydrogens is 378 g/mol. The first-order valence-electron chi connectivity index (χ1n) is 11.4. The van der Waals surface area contributed by atoms with Crippen LogP contribution in [0.4, 0.5) is 0 Å². The highest BCUT2D eigenvalue weighted by Gasteiger charge is 2.56. The van der Waals surface area contributed by atoms with Crippen LogP contribution in [0.25, 0.3) is 11.4 Å². The maximum absolute atomic E-state index is 13.9. The summed E-state index contributed by atoms with van der Waals surface area (Å²) in [7, 11) is 1.65. The molecule has 1 saturated heterocycles. The van der Waals surface area contributed by atoms with Gasteiger partial charge in [-0.25, -0.2) is 0 Å². The fourth-order valence-corrected chi connectivity index (χ4v) is 7.17. The van der Waals surface area contributed by atoms with Crippen molar-refractivity contribution in [2.24, 2.45) is 23.2 Å². The molecule has 0 spiro atoms. The van der Waals surface area contributed by atoms with Crippen LogP contribution in [0.3, 0.4) is 0 Å². The summed E-state index contributed by atoms with van der Waals surface area (Å²) in [6.45, 7) is 0.811. The highest BCUT2D eigenvalue weighted by molar-refractivity contribution is 5.84. The summed E-state index contributed by atoms with van der Waals surface area (Å²) >= 11 is 0. The predicted octanol–water partition coefficient (Wildman–Crippen LogP) is 4.63. The Balaban J connectivity index is 1.24. The molecule has 2 aromatic rings. The lowest BCUT2D eigenvalue weighted by atomic mass is 9.49. The molecule has 2 heterocycles. The van der Waals surface area contributed by atoms with E-state index in [2.05, 4.69) is 15.0 Å². The number of hydrogen-bond donors (Lipinski definition) is 0. The van der Waals surface area contributed by atoms with Gasteiger partial charge in [-0.05, 0) is 93.4 Å². The second-order valence-corrected chi connectivity index (χ2v) is 10.0. The second kappa shape index (κ2) is 6.82. The molecule has 6 heteroatoms. The molecule has 0 N–H and O–H groups in total. The number of likely N-dealkylation sites (tertiary alicyclic amines) is 1. The van der Waals surface area contributed by atoms with E-state index in [-0.39, 0.29) is 11.5 Å². The van der Waals surface area contributed by atoms with Gasteiger partial charge in [-0.1, -0.05) is 5.16 Å². The molecule has 1 aromatic carbocycles. The van der Waals surface area contributed by atoms with E-state index in [1.807, 2.05) is 24.3 Å². The van der Waals surface area contributed by atoms with Gasteiger partial charge >= 0.3 is 0 Å². The number of carbonyl (C=O) groups excluding carboxylic acids is 1. The lowest BCUT2D eigenvalue weighted by Crippen LogP contribution is -2.54. The van der Waals surface area contributed by atoms with Crippen molar-refractivity contribution in [1.29, 1.82) is 0 Å². The van der Waals surface area contributed by atoms with Crippen LogP contribution in [-0.2, 0) is 4.79 Å². The quantitative estimate of drug-likeness (QED) is 0.739. The molecule has 5 fully saturated rings. The average molecular weight is 408 g/mol. The van der Waals surface area contributed by atoms with Crippen molar-refractivity contribution >= 4 is 5.91 Å². The topological polar surface area (TPSA) is 68.5 Å². The van der Waals surface area contributed by atoms with Gasteiger partial charge in [0, 0.05) is 12.1 Å². The van der Waals surface area contributed by atoms with Gasteiger partial charge in [0.05, 0.1) is 12.5 Å². The molecule has 1 aliphatic heterocycles. The first-order valence-corrected chi connectivity index (χ1v) is 11.4. The maximum atomic E-state index is 13.9. The third-order valence-electron chi connectivity index (χ3n) is 8.08. The van der Waals surface area contributed by atoms with Crippen LogP contribution in [0.15, 0.2) is 28.8 Å². The summed E-state index contributed by atoms with van der Waals surface area (Å²) in [6, 6.07) is 7.57. The number of nitrogens with zero attached hydrogens (tertiary/aromatic N) is 3. The molecule has 1 amide bonds. The molecule has 30 heavy (non-hydrogen) atoms. The molecule has 5 aliphatic rings. The third kappa shape index (κ3) is 2.87. The third-order valence-corrected chi connectivity index (χ3v) is 8.08. The van der Waals surface area contributed by atoms with Crippen LogP contribution in [0.1, 0.15) is 63.3 Å². The second-order valence-electron chi connectivity index (χ2n) is 10.0. The molecule has 158 valence electrons. The van der Waals surface area contributed by atoms with Gasteiger partial charge in [0.15, 0.2) is 0 Å². The minimum Gasteiger partial charge on any atom is -0.497 e. The summed E-state index contributed by atoms with van der Waals surface area (Å²) in [5.74, 6) is 4.63. The Morgan fingerprint density at radius 3 is 2.40 bits per heavy atom. The van der Waals surface area contributed by atoms with E-state index < -0.39 is 0 Å². The minimum absolute atomic E-state index is 0.0787. The Bertz CT molecular complexity index is 916. The van der Waals surface area contributed by atoms with Crippen molar-refractivity contribution in [3.8, 4) is 17.1 Å². The van der Waals surface area contributed by atoms with Crippen LogP contribution >= 0.6 is 0 Å². The average Bonchev–Trinajstić information content (AvgIpc) is 3.42. The van der Waals surface area contributed by atoms with E-state index in [1.54, 1.807) is 7.11 Å². The Morgan fingerprint density at radius 2 is 1.77 bits per heavy atom. The van der Waals surface area contributed by atoms with Crippen molar-refractivity contribution in [2.75, 3.05) is 13.7 Å². The summed E-state index contributed by atoms with van der Waals surface area (Å²) < 4.78 is 10.9. The zero-order chi connectivity index (χ0) is 20.3. The number of rotatable bonds is 4. The number of ether oxygens (including phenoxy) is 1. The van der Waals surface area contributed by atoms with Crippen LogP contribution < -0.4 is 4.74 Å². The Hall–Kier alpha value is -2.37. The van der Waals surface area contributed by atoms with Crippen LogP contribution in [-0.4, -0.2) is 34.6 Å². The van der Waals surface area contributed by atoms with E-state index in [1.165, 1.54) is 19.3 Å². The van der Waals surface area contributed by atoms with Gasteiger partial charge in [-0.15, -0.1) is 0 Å². The van der Waals surface area contributed by atoms with Gasteiger partial charge in [0.1, 0.15) is 11.8 Å². The molecule has 7 rings (SSSR count). The lowest BCUT2D eigenvalue weighted by Gasteiger charge is -2.56. The predicted molar refractivity (Wildman–Crippen MR) is 111 cm³/mol. The summed E-state index contributed by atoms with van der Waals surface area (Å²) in [6.07, 6.45) is 9.26. The minimum atomic E-state index is -0.115. The first-order chi connectivity index (χ1) is 14.6. The van der Waals surface area contributed by atoms with Crippen molar-refractivity contribution in [3.63, 3.8) is 0 Å². The van der Waals surface area contributed by atoms with Crippen LogP contribution in [0.5, 0.6) is 5.75 Å². The van der Waals surface area contributed by atoms with Gasteiger partial charge in [-0.3, -0.25) is 4.79 Å². The normalized spacial score (nSPS) is 34.5. The van der Waals surface area contributed by atoms with Crippen LogP contribution in [0, 0.1) is 23.2 Å². The van der Waals surface area contributed by atoms with Gasteiger partial charge < -0.3 is 14.2 Å². The zero-order valence-electron chi connectivity index (χ0n) is 17.5. The van der Waals surface area contributed by atoms with Crippen molar-refractivity contribution < 1.29 is 14.1 Å². The standard InChI is InChI=1S/C24H29N3O3/c1-29-19-6-4-18(5-7-19)21-25-22(30-26-21)20-3-2-8-27(20)23(28)24-12-15-9-16(13-24)11-17(10-15)14-24/h4-7,15-17,20H,2-3,8-14H2,1H3. The fraction of sp³-hybridized carbons (Fsp3) is 0.625. The smallest absolute Gasteiger partial charge is 0.249 e. The number of benzene rings is 1. The molecule has 1 atom stereocenters. The molecule has 1 aromatic heterocycles. The first kappa shape index (κ1) is 18.4. The number of amides is 1. The van der Waals surface area contributed by atoms with E-state index in [0.29, 0.717) is 17.6 Å². The molecule has 4 aliphatic carbocycles. The fourth-order valence-electron chi connectivity index (χ4n) is 7.17. The highest BCUT2D eigenvalue weighted by Crippen LogP contribution is 2.61. The Labute approximate surface area is 177 Å². The molecule has 4 bridgehead atoms. The van der Waals surface area contributed by atoms with Gasteiger partial charge in [0.2, 0.25) is 17.6 Å². The highest BCUT2D eigenvalue weighted by atomic mass is 16.5. The number of aromatic nitrogens is 2. The van der Waals surface area contributed by atoms with E-state index in [9.17, 15) is 4.79 Å². The largest absolute Gasteiger partial charge is 0.497 e. The van der Waals surface area contributed by atoms with Crippen molar-refractivity contribution in [1.82, 2.24) is 15.0 Å². The monoisotopic (exact) mass is 407 g/mol. The van der Waals surface area contributed by atoms with E-state index in [4.69, 9.17) is 9.26 Å². The Kier molecular flexibility index (Phi) is 4.19. The number of methoxy groups -OCH3 is 1. The zero-order valence-corrected chi connectivity index (χ0v) is 17.5. The lowest BCUT2D eigenvalue weighted by molar-refractivity contribution is -0.159. The summed E-state index contributed by atoms with van der Waals surface area (Å²) in [4.78, 5) is 20.6. The van der Waals surface area contributed by atoms with Gasteiger partial charge in [0.25, 0.3) is 0 Å². The van der Waals surface area contributed by atoms with E-state index in [0.717, 1.165) is 67.7 Å². The van der Waals surface area contributed by atoms with Gasteiger partial charge in [-0.2, -0.15) is 4.98 Å². The molecule has 4 saturated carbocycles.